The van der Waals surface area contributed by atoms with Crippen LogP contribution in [0.15, 0.2) is 200 Å². The zero-order valence-corrected chi connectivity index (χ0v) is 30.4. The van der Waals surface area contributed by atoms with Crippen LogP contribution in [0.4, 0.5) is 17.1 Å². The SMILES string of the molecule is c1ccc(N2c3ccccc3-c3ccccc3-c3ccc4c5cnccc5n(-c5ccc(-c6ccc7c8ccccc8c8ccccc8c7c6)cc5)c4c32)cc1. The van der Waals surface area contributed by atoms with Gasteiger partial charge >= 0.3 is 0 Å². The van der Waals surface area contributed by atoms with Gasteiger partial charge in [-0.25, -0.2) is 0 Å². The van der Waals surface area contributed by atoms with Gasteiger partial charge in [0, 0.05) is 45.7 Å². The van der Waals surface area contributed by atoms with Crippen LogP contribution < -0.4 is 4.90 Å². The van der Waals surface area contributed by atoms with Gasteiger partial charge in [-0.2, -0.15) is 0 Å². The Balaban J connectivity index is 1.11. The highest BCUT2D eigenvalue weighted by Crippen LogP contribution is 2.54. The third-order valence-electron chi connectivity index (χ3n) is 11.8. The number of benzene rings is 9. The lowest BCUT2D eigenvalue weighted by atomic mass is 9.92. The van der Waals surface area contributed by atoms with Gasteiger partial charge in [0.1, 0.15) is 0 Å². The zero-order valence-electron chi connectivity index (χ0n) is 30.4. The Morgan fingerprint density at radius 3 is 1.66 bits per heavy atom. The molecule has 0 aliphatic carbocycles. The van der Waals surface area contributed by atoms with E-state index in [-0.39, 0.29) is 0 Å². The number of hydrogen-bond donors (Lipinski definition) is 0. The second-order valence-corrected chi connectivity index (χ2v) is 14.7. The Morgan fingerprint density at radius 2 is 0.929 bits per heavy atom. The van der Waals surface area contributed by atoms with Crippen LogP contribution in [-0.2, 0) is 0 Å². The van der Waals surface area contributed by atoms with Gasteiger partial charge in [-0.15, -0.1) is 0 Å². The molecule has 0 bridgehead atoms. The predicted octanol–water partition coefficient (Wildman–Crippen LogP) is 14.4. The first-order chi connectivity index (χ1) is 27.8. The van der Waals surface area contributed by atoms with Crippen LogP contribution in [-0.4, -0.2) is 9.55 Å². The summed E-state index contributed by atoms with van der Waals surface area (Å²) in [6.45, 7) is 0. The second-order valence-electron chi connectivity index (χ2n) is 14.7. The summed E-state index contributed by atoms with van der Waals surface area (Å²) < 4.78 is 2.45. The van der Waals surface area contributed by atoms with Crippen LogP contribution in [0, 0.1) is 0 Å². The molecule has 12 rings (SSSR count). The molecule has 0 atom stereocenters. The molecular formula is C53H33N3. The molecule has 56 heavy (non-hydrogen) atoms. The largest absolute Gasteiger partial charge is 0.307 e. The maximum atomic E-state index is 4.64. The van der Waals surface area contributed by atoms with Crippen LogP contribution in [0.25, 0.3) is 93.2 Å². The summed E-state index contributed by atoms with van der Waals surface area (Å²) in [4.78, 5) is 7.11. The lowest BCUT2D eigenvalue weighted by Gasteiger charge is -2.28. The highest BCUT2D eigenvalue weighted by molar-refractivity contribution is 6.26. The molecule has 9 aromatic carbocycles. The number of anilines is 3. The van der Waals surface area contributed by atoms with Crippen molar-refractivity contribution in [3.8, 4) is 39.1 Å². The molecule has 1 aliphatic rings. The molecule has 3 nitrogen and oxygen atoms in total. The van der Waals surface area contributed by atoms with Crippen molar-refractivity contribution < 1.29 is 0 Å². The van der Waals surface area contributed by atoms with Crippen LogP contribution in [0.1, 0.15) is 0 Å². The Bertz CT molecular complexity index is 3320. The number of aromatic nitrogens is 2. The van der Waals surface area contributed by atoms with Crippen LogP contribution in [0.2, 0.25) is 0 Å². The average Bonchev–Trinajstić information content (AvgIpc) is 3.55. The first-order valence-corrected chi connectivity index (χ1v) is 19.2. The minimum Gasteiger partial charge on any atom is -0.307 e. The zero-order chi connectivity index (χ0) is 36.7. The first-order valence-electron chi connectivity index (χ1n) is 19.2. The molecule has 1 aliphatic heterocycles. The van der Waals surface area contributed by atoms with Crippen molar-refractivity contribution in [1.29, 1.82) is 0 Å². The van der Waals surface area contributed by atoms with Crippen LogP contribution in [0.5, 0.6) is 0 Å². The van der Waals surface area contributed by atoms with E-state index in [1.54, 1.807) is 0 Å². The van der Waals surface area contributed by atoms with Gasteiger partial charge in [-0.05, 0) is 97.0 Å². The number of hydrogen-bond acceptors (Lipinski definition) is 2. The highest BCUT2D eigenvalue weighted by atomic mass is 15.2. The molecule has 0 radical (unpaired) electrons. The topological polar surface area (TPSA) is 21.1 Å². The molecular weight excluding hydrogens is 679 g/mol. The van der Waals surface area contributed by atoms with Crippen molar-refractivity contribution in [3.63, 3.8) is 0 Å². The molecule has 0 N–H and O–H groups in total. The third-order valence-corrected chi connectivity index (χ3v) is 11.8. The number of nitrogens with zero attached hydrogens (tertiary/aromatic N) is 3. The van der Waals surface area contributed by atoms with Crippen molar-refractivity contribution in [2.24, 2.45) is 0 Å². The molecule has 11 aromatic rings. The molecule has 0 unspecified atom stereocenters. The molecule has 0 saturated carbocycles. The van der Waals surface area contributed by atoms with E-state index >= 15 is 0 Å². The lowest BCUT2D eigenvalue weighted by Crippen LogP contribution is -2.12. The van der Waals surface area contributed by atoms with Gasteiger partial charge in [-0.1, -0.05) is 146 Å². The summed E-state index contributed by atoms with van der Waals surface area (Å²) >= 11 is 0. The quantitative estimate of drug-likeness (QED) is 0.170. The predicted molar refractivity (Wildman–Crippen MR) is 236 cm³/mol. The van der Waals surface area contributed by atoms with Gasteiger partial charge < -0.3 is 9.47 Å². The van der Waals surface area contributed by atoms with Crippen LogP contribution in [0.3, 0.4) is 0 Å². The number of rotatable bonds is 3. The Hall–Kier alpha value is -7.49. The molecule has 0 fully saturated rings. The van der Waals surface area contributed by atoms with Gasteiger partial charge in [0.15, 0.2) is 0 Å². The molecule has 0 spiro atoms. The molecule has 0 amide bonds. The fraction of sp³-hybridized carbons (Fsp3) is 0. The highest BCUT2D eigenvalue weighted by Gasteiger charge is 2.30. The van der Waals surface area contributed by atoms with E-state index in [0.29, 0.717) is 0 Å². The summed E-state index contributed by atoms with van der Waals surface area (Å²) in [7, 11) is 0. The molecule has 3 heteroatoms. The molecule has 3 heterocycles. The molecule has 2 aromatic heterocycles. The Kier molecular flexibility index (Phi) is 6.63. The summed E-state index contributed by atoms with van der Waals surface area (Å²) in [5.74, 6) is 0. The third kappa shape index (κ3) is 4.43. The summed E-state index contributed by atoms with van der Waals surface area (Å²) in [5, 5.41) is 10.0. The molecule has 260 valence electrons. The van der Waals surface area contributed by atoms with E-state index in [9.17, 15) is 0 Å². The maximum Gasteiger partial charge on any atom is 0.0789 e. The van der Waals surface area contributed by atoms with Crippen molar-refractivity contribution >= 4 is 71.2 Å². The van der Waals surface area contributed by atoms with Crippen molar-refractivity contribution in [2.45, 2.75) is 0 Å². The van der Waals surface area contributed by atoms with Crippen molar-refractivity contribution in [3.05, 3.63) is 200 Å². The standard InChI is InChI=1S/C53H33N3/c1-2-12-36(13-3-1)55-50-21-11-10-20-45(50)41-17-7-8-18-42(41)46-28-29-47-49-33-54-31-30-51(49)56(53(47)52(46)55)37-25-22-34(23-26-37)35-24-27-44-40-16-5-4-14-38(40)39-15-6-9-19-43(39)48(44)32-35/h1-33H. The minimum atomic E-state index is 1.10. The minimum absolute atomic E-state index is 1.10. The summed E-state index contributed by atoms with van der Waals surface area (Å²) in [6.07, 6.45) is 3.93. The number of fused-ring (bicyclic) bond motifs is 15. The average molecular weight is 712 g/mol. The molecule has 0 saturated heterocycles. The number of pyridine rings is 1. The van der Waals surface area contributed by atoms with E-state index in [4.69, 9.17) is 0 Å². The smallest absolute Gasteiger partial charge is 0.0789 e. The van der Waals surface area contributed by atoms with Crippen molar-refractivity contribution in [1.82, 2.24) is 9.55 Å². The maximum absolute atomic E-state index is 4.64. The fourth-order valence-corrected chi connectivity index (χ4v) is 9.35. The van der Waals surface area contributed by atoms with E-state index < -0.39 is 0 Å². The Labute approximate surface area is 324 Å². The monoisotopic (exact) mass is 711 g/mol. The van der Waals surface area contributed by atoms with Gasteiger partial charge in [0.2, 0.25) is 0 Å². The van der Waals surface area contributed by atoms with Crippen molar-refractivity contribution in [2.75, 3.05) is 4.90 Å². The van der Waals surface area contributed by atoms with E-state index in [1.165, 1.54) is 71.1 Å². The Morgan fingerprint density at radius 1 is 0.357 bits per heavy atom. The van der Waals surface area contributed by atoms with Gasteiger partial charge in [0.25, 0.3) is 0 Å². The lowest BCUT2D eigenvalue weighted by molar-refractivity contribution is 1.16. The fourth-order valence-electron chi connectivity index (χ4n) is 9.35. The number of para-hydroxylation sites is 2. The normalized spacial score (nSPS) is 12.2. The summed E-state index contributed by atoms with van der Waals surface area (Å²) in [6, 6.07) is 68.8. The van der Waals surface area contributed by atoms with E-state index in [1.807, 2.05) is 12.4 Å². The first kappa shape index (κ1) is 30.9. The van der Waals surface area contributed by atoms with E-state index in [2.05, 4.69) is 203 Å². The van der Waals surface area contributed by atoms with Gasteiger partial charge in [0.05, 0.1) is 22.4 Å². The van der Waals surface area contributed by atoms with Crippen LogP contribution >= 0.6 is 0 Å². The van der Waals surface area contributed by atoms with E-state index in [0.717, 1.165) is 39.2 Å². The van der Waals surface area contributed by atoms with Gasteiger partial charge in [-0.3, -0.25) is 4.98 Å². The summed E-state index contributed by atoms with van der Waals surface area (Å²) in [5.41, 5.74) is 14.0. The second kappa shape index (κ2) is 12.0.